The minimum Gasteiger partial charge on any atom is -0.344 e. The monoisotopic (exact) mass is 241 g/mol. The van der Waals surface area contributed by atoms with E-state index in [1.54, 1.807) is 0 Å². The highest BCUT2D eigenvalue weighted by molar-refractivity contribution is 9.10. The van der Waals surface area contributed by atoms with Crippen LogP contribution in [-0.4, -0.2) is 0 Å². The van der Waals surface area contributed by atoms with Crippen molar-refractivity contribution < 1.29 is 0 Å². The van der Waals surface area contributed by atoms with Gasteiger partial charge < -0.3 is 6.15 Å². The van der Waals surface area contributed by atoms with Crippen molar-refractivity contribution in [3.05, 3.63) is 34.3 Å². The molecule has 1 saturated carbocycles. The van der Waals surface area contributed by atoms with Crippen molar-refractivity contribution in [2.45, 2.75) is 25.7 Å². The lowest BCUT2D eigenvalue weighted by Crippen LogP contribution is -1.81. The van der Waals surface area contributed by atoms with Crippen LogP contribution in [0.5, 0.6) is 0 Å². The Morgan fingerprint density at radius 1 is 1.46 bits per heavy atom. The molecule has 3 N–H and O–H groups in total. The first-order chi connectivity index (χ1) is 5.81. The molecule has 2 atom stereocenters. The molecule has 13 heavy (non-hydrogen) atoms. The molecular formula is C11H16BrN. The summed E-state index contributed by atoms with van der Waals surface area (Å²) in [7, 11) is 0. The van der Waals surface area contributed by atoms with E-state index < -0.39 is 0 Å². The lowest BCUT2D eigenvalue weighted by atomic mass is 10.1. The minimum absolute atomic E-state index is 0. The molecule has 0 spiro atoms. The van der Waals surface area contributed by atoms with Crippen LogP contribution in [0.25, 0.3) is 0 Å². The molecule has 1 nitrogen and oxygen atoms in total. The van der Waals surface area contributed by atoms with Gasteiger partial charge in [-0.15, -0.1) is 0 Å². The summed E-state index contributed by atoms with van der Waals surface area (Å²) in [6.07, 6.45) is 2.73. The molecule has 0 aromatic heterocycles. The van der Waals surface area contributed by atoms with Gasteiger partial charge in [0.25, 0.3) is 0 Å². The summed E-state index contributed by atoms with van der Waals surface area (Å²) in [4.78, 5) is 0. The van der Waals surface area contributed by atoms with Gasteiger partial charge in [-0.05, 0) is 36.0 Å². The van der Waals surface area contributed by atoms with E-state index in [9.17, 15) is 0 Å². The fraction of sp³-hybridized carbons (Fsp3) is 0.455. The molecule has 1 fully saturated rings. The van der Waals surface area contributed by atoms with Gasteiger partial charge in [0.1, 0.15) is 0 Å². The molecule has 0 saturated heterocycles. The molecule has 0 aliphatic heterocycles. The van der Waals surface area contributed by atoms with Crippen molar-refractivity contribution in [1.82, 2.24) is 6.15 Å². The van der Waals surface area contributed by atoms with Crippen LogP contribution in [0, 0.1) is 5.92 Å². The van der Waals surface area contributed by atoms with Gasteiger partial charge in [-0.2, -0.15) is 0 Å². The molecule has 1 aromatic carbocycles. The van der Waals surface area contributed by atoms with Gasteiger partial charge >= 0.3 is 0 Å². The van der Waals surface area contributed by atoms with E-state index in [4.69, 9.17) is 0 Å². The highest BCUT2D eigenvalue weighted by Crippen LogP contribution is 2.49. The lowest BCUT2D eigenvalue weighted by molar-refractivity contribution is 0.766. The Labute approximate surface area is 88.3 Å². The van der Waals surface area contributed by atoms with Gasteiger partial charge in [0.15, 0.2) is 0 Å². The van der Waals surface area contributed by atoms with Crippen LogP contribution in [0.3, 0.4) is 0 Å². The third kappa shape index (κ3) is 2.32. The van der Waals surface area contributed by atoms with E-state index >= 15 is 0 Å². The number of hydrogen-bond donors (Lipinski definition) is 1. The zero-order valence-corrected chi connectivity index (χ0v) is 9.55. The predicted octanol–water partition coefficient (Wildman–Crippen LogP) is 4.12. The van der Waals surface area contributed by atoms with Crippen LogP contribution in [0.4, 0.5) is 0 Å². The third-order valence-corrected chi connectivity index (χ3v) is 3.22. The SMILES string of the molecule is CCC1CC1c1cccc(Br)c1.N. The van der Waals surface area contributed by atoms with Crippen LogP contribution in [0.2, 0.25) is 0 Å². The van der Waals surface area contributed by atoms with Crippen LogP contribution < -0.4 is 6.15 Å². The standard InChI is InChI=1S/C11H13Br.H3N/c1-2-8-7-11(8)9-4-3-5-10(12)6-9;/h3-6,8,11H,2,7H2,1H3;1H3. The third-order valence-electron chi connectivity index (χ3n) is 2.72. The second-order valence-electron chi connectivity index (χ2n) is 3.57. The minimum atomic E-state index is 0. The zero-order chi connectivity index (χ0) is 8.55. The summed E-state index contributed by atoms with van der Waals surface area (Å²) in [6.45, 7) is 2.28. The van der Waals surface area contributed by atoms with E-state index in [1.165, 1.54) is 22.9 Å². The van der Waals surface area contributed by atoms with Gasteiger partial charge in [-0.25, -0.2) is 0 Å². The lowest BCUT2D eigenvalue weighted by Gasteiger charge is -1.98. The van der Waals surface area contributed by atoms with Gasteiger partial charge in [0.05, 0.1) is 0 Å². The fourth-order valence-corrected chi connectivity index (χ4v) is 2.26. The molecule has 0 radical (unpaired) electrons. The van der Waals surface area contributed by atoms with E-state index in [0.717, 1.165) is 11.8 Å². The van der Waals surface area contributed by atoms with Crippen LogP contribution in [0.15, 0.2) is 28.7 Å². The second-order valence-corrected chi connectivity index (χ2v) is 4.48. The highest BCUT2D eigenvalue weighted by atomic mass is 79.9. The van der Waals surface area contributed by atoms with Crippen LogP contribution >= 0.6 is 15.9 Å². The topological polar surface area (TPSA) is 35.0 Å². The smallest absolute Gasteiger partial charge is 0.0178 e. The fourth-order valence-electron chi connectivity index (χ4n) is 1.84. The van der Waals surface area contributed by atoms with Gasteiger partial charge in [-0.3, -0.25) is 0 Å². The van der Waals surface area contributed by atoms with Crippen molar-refractivity contribution >= 4 is 15.9 Å². The first kappa shape index (κ1) is 10.7. The molecule has 0 amide bonds. The summed E-state index contributed by atoms with van der Waals surface area (Å²) in [5.41, 5.74) is 1.51. The molecule has 0 bridgehead atoms. The molecule has 2 rings (SSSR count). The van der Waals surface area contributed by atoms with E-state index in [0.29, 0.717) is 0 Å². The Kier molecular flexibility index (Phi) is 3.51. The quantitative estimate of drug-likeness (QED) is 0.831. The number of benzene rings is 1. The zero-order valence-electron chi connectivity index (χ0n) is 7.96. The van der Waals surface area contributed by atoms with Crippen molar-refractivity contribution in [3.8, 4) is 0 Å². The summed E-state index contributed by atoms with van der Waals surface area (Å²) in [5, 5.41) is 0. The summed E-state index contributed by atoms with van der Waals surface area (Å²) in [6, 6.07) is 8.71. The summed E-state index contributed by atoms with van der Waals surface area (Å²) in [5.74, 6) is 1.81. The van der Waals surface area contributed by atoms with E-state index in [1.807, 2.05) is 0 Å². The summed E-state index contributed by atoms with van der Waals surface area (Å²) < 4.78 is 1.21. The van der Waals surface area contributed by atoms with Gasteiger partial charge in [0, 0.05) is 4.47 Å². The largest absolute Gasteiger partial charge is 0.344 e. The Morgan fingerprint density at radius 2 is 2.23 bits per heavy atom. The van der Waals surface area contributed by atoms with Crippen molar-refractivity contribution in [1.29, 1.82) is 0 Å². The average molecular weight is 242 g/mol. The second kappa shape index (κ2) is 4.25. The number of halogens is 1. The van der Waals surface area contributed by atoms with E-state index in [-0.39, 0.29) is 6.15 Å². The van der Waals surface area contributed by atoms with Crippen molar-refractivity contribution in [2.24, 2.45) is 5.92 Å². The van der Waals surface area contributed by atoms with Gasteiger partial charge in [0.2, 0.25) is 0 Å². The number of hydrogen-bond acceptors (Lipinski definition) is 1. The molecule has 2 unspecified atom stereocenters. The molecule has 2 heteroatoms. The van der Waals surface area contributed by atoms with Crippen molar-refractivity contribution in [3.63, 3.8) is 0 Å². The maximum absolute atomic E-state index is 3.50. The molecule has 1 aromatic rings. The molecule has 72 valence electrons. The maximum Gasteiger partial charge on any atom is 0.0178 e. The highest BCUT2D eigenvalue weighted by Gasteiger charge is 2.36. The van der Waals surface area contributed by atoms with Crippen molar-refractivity contribution in [2.75, 3.05) is 0 Å². The molecule has 0 heterocycles. The van der Waals surface area contributed by atoms with Crippen LogP contribution in [0.1, 0.15) is 31.2 Å². The normalized spacial score (nSPS) is 25.1. The Morgan fingerprint density at radius 3 is 2.77 bits per heavy atom. The Bertz CT molecular complexity index is 285. The first-order valence-electron chi connectivity index (χ1n) is 4.56. The van der Waals surface area contributed by atoms with E-state index in [2.05, 4.69) is 47.1 Å². The molecule has 1 aliphatic carbocycles. The predicted molar refractivity (Wildman–Crippen MR) is 60.3 cm³/mol. The Hall–Kier alpha value is -0.340. The molecular weight excluding hydrogens is 226 g/mol. The Balaban J connectivity index is 0.000000845. The van der Waals surface area contributed by atoms with Gasteiger partial charge in [-0.1, -0.05) is 41.4 Å². The number of rotatable bonds is 2. The first-order valence-corrected chi connectivity index (χ1v) is 5.36. The molecule has 1 aliphatic rings. The van der Waals surface area contributed by atoms with Crippen LogP contribution in [-0.2, 0) is 0 Å². The maximum atomic E-state index is 3.50. The average Bonchev–Trinajstić information content (AvgIpc) is 2.83. The summed E-state index contributed by atoms with van der Waals surface area (Å²) >= 11 is 3.50.